The lowest BCUT2D eigenvalue weighted by Gasteiger charge is -2.27. The molecular weight excluding hydrogens is 292 g/mol. The largest absolute Gasteiger partial charge is 0.383 e. The van der Waals surface area contributed by atoms with E-state index in [4.69, 9.17) is 10.5 Å². The molecule has 0 bridgehead atoms. The van der Waals surface area contributed by atoms with Crippen molar-refractivity contribution in [3.63, 3.8) is 0 Å². The maximum absolute atomic E-state index is 5.83. The Hall–Kier alpha value is -0.580. The van der Waals surface area contributed by atoms with Gasteiger partial charge in [0.1, 0.15) is 0 Å². The molecule has 0 aliphatic carbocycles. The molecule has 0 fully saturated rings. The molecule has 0 aliphatic heterocycles. The van der Waals surface area contributed by atoms with Gasteiger partial charge in [0.25, 0.3) is 0 Å². The van der Waals surface area contributed by atoms with Crippen LogP contribution in [0.15, 0.2) is 22.7 Å². The van der Waals surface area contributed by atoms with Gasteiger partial charge in [0.2, 0.25) is 0 Å². The zero-order valence-corrected chi connectivity index (χ0v) is 13.2. The number of halogens is 1. The molecule has 1 aromatic rings. The molecule has 0 saturated heterocycles. The third kappa shape index (κ3) is 4.26. The number of methoxy groups -OCH3 is 1. The molecule has 2 N–H and O–H groups in total. The fourth-order valence-electron chi connectivity index (χ4n) is 1.88. The van der Waals surface area contributed by atoms with Crippen molar-refractivity contribution in [3.05, 3.63) is 28.2 Å². The second-order valence-electron chi connectivity index (χ2n) is 4.87. The van der Waals surface area contributed by atoms with Gasteiger partial charge < -0.3 is 15.4 Å². The van der Waals surface area contributed by atoms with Crippen molar-refractivity contribution >= 4 is 21.6 Å². The summed E-state index contributed by atoms with van der Waals surface area (Å²) in [5, 5.41) is 0. The van der Waals surface area contributed by atoms with Gasteiger partial charge in [-0.15, -0.1) is 0 Å². The molecule has 2 atom stereocenters. The molecule has 4 heteroatoms. The van der Waals surface area contributed by atoms with E-state index in [0.29, 0.717) is 6.04 Å². The van der Waals surface area contributed by atoms with Crippen molar-refractivity contribution < 1.29 is 4.74 Å². The van der Waals surface area contributed by atoms with E-state index >= 15 is 0 Å². The highest BCUT2D eigenvalue weighted by molar-refractivity contribution is 9.10. The summed E-state index contributed by atoms with van der Waals surface area (Å²) in [6.07, 6.45) is 0.887. The summed E-state index contributed by atoms with van der Waals surface area (Å²) in [6, 6.07) is 6.94. The second kappa shape index (κ2) is 7.12. The number of hydrogen-bond donors (Lipinski definition) is 1. The zero-order valence-electron chi connectivity index (χ0n) is 11.6. The van der Waals surface area contributed by atoms with Crippen LogP contribution in [0.2, 0.25) is 0 Å². The van der Waals surface area contributed by atoms with Crippen molar-refractivity contribution in [1.29, 1.82) is 0 Å². The summed E-state index contributed by atoms with van der Waals surface area (Å²) >= 11 is 3.62. The molecule has 3 nitrogen and oxygen atoms in total. The summed E-state index contributed by atoms with van der Waals surface area (Å²) in [5.74, 6) is 0. The molecule has 18 heavy (non-hydrogen) atoms. The van der Waals surface area contributed by atoms with Crippen LogP contribution < -0.4 is 10.6 Å². The minimum Gasteiger partial charge on any atom is -0.383 e. The number of ether oxygens (including phenoxy) is 1. The Kier molecular flexibility index (Phi) is 6.12. The van der Waals surface area contributed by atoms with Crippen molar-refractivity contribution in [2.45, 2.75) is 32.4 Å². The van der Waals surface area contributed by atoms with Gasteiger partial charge >= 0.3 is 0 Å². The first kappa shape index (κ1) is 15.5. The molecular formula is C14H23BrN2O. The predicted molar refractivity (Wildman–Crippen MR) is 81.2 cm³/mol. The molecule has 0 spiro atoms. The van der Waals surface area contributed by atoms with E-state index in [1.54, 1.807) is 7.11 Å². The smallest absolute Gasteiger partial charge is 0.0663 e. The van der Waals surface area contributed by atoms with Crippen LogP contribution in [0.4, 0.5) is 5.69 Å². The van der Waals surface area contributed by atoms with Crippen LogP contribution in [0.25, 0.3) is 0 Å². The third-order valence-corrected chi connectivity index (χ3v) is 3.79. The van der Waals surface area contributed by atoms with E-state index in [1.807, 2.05) is 6.92 Å². The summed E-state index contributed by atoms with van der Waals surface area (Å²) < 4.78 is 6.30. The van der Waals surface area contributed by atoms with Gasteiger partial charge in [-0.25, -0.2) is 0 Å². The quantitative estimate of drug-likeness (QED) is 0.877. The van der Waals surface area contributed by atoms with Crippen molar-refractivity contribution in [1.82, 2.24) is 0 Å². The van der Waals surface area contributed by atoms with E-state index < -0.39 is 0 Å². The van der Waals surface area contributed by atoms with Gasteiger partial charge in [0.15, 0.2) is 0 Å². The van der Waals surface area contributed by atoms with Crippen LogP contribution in [0, 0.1) is 0 Å². The summed E-state index contributed by atoms with van der Waals surface area (Å²) in [7, 11) is 3.81. The zero-order chi connectivity index (χ0) is 13.7. The standard InChI is InChI=1S/C14H23BrN2O/c1-10(16)7-12-5-6-13(8-14(12)15)17(3)11(2)9-18-4/h5-6,8,10-11H,7,9,16H2,1-4H3. The highest BCUT2D eigenvalue weighted by Crippen LogP contribution is 2.25. The molecule has 0 aromatic heterocycles. The predicted octanol–water partition coefficient (Wildman–Crippen LogP) is 2.81. The monoisotopic (exact) mass is 314 g/mol. The fourth-order valence-corrected chi connectivity index (χ4v) is 2.40. The summed E-state index contributed by atoms with van der Waals surface area (Å²) in [6.45, 7) is 4.89. The van der Waals surface area contributed by atoms with Crippen LogP contribution >= 0.6 is 15.9 Å². The molecule has 0 heterocycles. The van der Waals surface area contributed by atoms with E-state index in [9.17, 15) is 0 Å². The van der Waals surface area contributed by atoms with Crippen LogP contribution in [-0.2, 0) is 11.2 Å². The number of nitrogens with two attached hydrogens (primary N) is 1. The van der Waals surface area contributed by atoms with Gasteiger partial charge in [-0.3, -0.25) is 0 Å². The normalized spacial score (nSPS) is 14.3. The van der Waals surface area contributed by atoms with Gasteiger partial charge in [-0.05, 0) is 38.0 Å². The van der Waals surface area contributed by atoms with Crippen molar-refractivity contribution in [2.75, 3.05) is 25.7 Å². The van der Waals surface area contributed by atoms with E-state index in [2.05, 4.69) is 53.0 Å². The maximum atomic E-state index is 5.83. The van der Waals surface area contributed by atoms with Gasteiger partial charge in [-0.2, -0.15) is 0 Å². The van der Waals surface area contributed by atoms with Crippen LogP contribution in [-0.4, -0.2) is 32.8 Å². The van der Waals surface area contributed by atoms with Crippen LogP contribution in [0.3, 0.4) is 0 Å². The Morgan fingerprint density at radius 1 is 1.39 bits per heavy atom. The minimum absolute atomic E-state index is 0.178. The van der Waals surface area contributed by atoms with Crippen LogP contribution in [0.1, 0.15) is 19.4 Å². The number of rotatable bonds is 6. The summed E-state index contributed by atoms with van der Waals surface area (Å²) in [4.78, 5) is 2.21. The Balaban J connectivity index is 2.83. The average Bonchev–Trinajstić information content (AvgIpc) is 2.30. The van der Waals surface area contributed by atoms with Crippen LogP contribution in [0.5, 0.6) is 0 Å². The first-order chi connectivity index (χ1) is 8.45. The fraction of sp³-hybridized carbons (Fsp3) is 0.571. The Morgan fingerprint density at radius 3 is 2.56 bits per heavy atom. The topological polar surface area (TPSA) is 38.5 Å². The van der Waals surface area contributed by atoms with Gasteiger partial charge in [0.05, 0.1) is 6.61 Å². The molecule has 0 amide bonds. The third-order valence-electron chi connectivity index (χ3n) is 3.05. The maximum Gasteiger partial charge on any atom is 0.0663 e. The van der Waals surface area contributed by atoms with Crippen molar-refractivity contribution in [2.24, 2.45) is 5.73 Å². The lowest BCUT2D eigenvalue weighted by Crippen LogP contribution is -2.32. The minimum atomic E-state index is 0.178. The Labute approximate surface area is 118 Å². The molecule has 0 aliphatic rings. The molecule has 1 rings (SSSR count). The molecule has 2 unspecified atom stereocenters. The molecule has 102 valence electrons. The number of anilines is 1. The average molecular weight is 315 g/mol. The van der Waals surface area contributed by atoms with E-state index in [-0.39, 0.29) is 6.04 Å². The van der Waals surface area contributed by atoms with E-state index in [0.717, 1.165) is 17.5 Å². The Bertz CT molecular complexity index is 382. The highest BCUT2D eigenvalue weighted by atomic mass is 79.9. The lowest BCUT2D eigenvalue weighted by atomic mass is 10.1. The lowest BCUT2D eigenvalue weighted by molar-refractivity contribution is 0.183. The Morgan fingerprint density at radius 2 is 2.06 bits per heavy atom. The van der Waals surface area contributed by atoms with Gasteiger partial charge in [-0.1, -0.05) is 22.0 Å². The molecule has 0 saturated carbocycles. The highest BCUT2D eigenvalue weighted by Gasteiger charge is 2.11. The second-order valence-corrected chi connectivity index (χ2v) is 5.73. The summed E-state index contributed by atoms with van der Waals surface area (Å²) in [5.41, 5.74) is 8.26. The first-order valence-electron chi connectivity index (χ1n) is 6.21. The molecule has 1 aromatic carbocycles. The number of nitrogens with zero attached hydrogens (tertiary/aromatic N) is 1. The van der Waals surface area contributed by atoms with E-state index in [1.165, 1.54) is 11.3 Å². The number of hydrogen-bond acceptors (Lipinski definition) is 3. The first-order valence-corrected chi connectivity index (χ1v) is 7.00. The molecule has 0 radical (unpaired) electrons. The van der Waals surface area contributed by atoms with Crippen molar-refractivity contribution in [3.8, 4) is 0 Å². The van der Waals surface area contributed by atoms with Gasteiger partial charge in [0, 0.05) is 36.4 Å². The number of benzene rings is 1. The SMILES string of the molecule is COCC(C)N(C)c1ccc(CC(C)N)c(Br)c1. The number of likely N-dealkylation sites (N-methyl/N-ethyl adjacent to an activating group) is 1.